The van der Waals surface area contributed by atoms with Crippen LogP contribution in [0.3, 0.4) is 0 Å². The van der Waals surface area contributed by atoms with E-state index >= 15 is 0 Å². The van der Waals surface area contributed by atoms with Crippen molar-refractivity contribution in [3.8, 4) is 0 Å². The summed E-state index contributed by atoms with van der Waals surface area (Å²) in [7, 11) is 0. The summed E-state index contributed by atoms with van der Waals surface area (Å²) in [5.74, 6) is 1.20. The average Bonchev–Trinajstić information content (AvgIpc) is 3.36. The normalized spacial score (nSPS) is 18.0. The number of para-hydroxylation sites is 1. The number of aromatic nitrogens is 2. The minimum atomic E-state index is -0.0466. The van der Waals surface area contributed by atoms with E-state index in [1.165, 1.54) is 22.3 Å². The van der Waals surface area contributed by atoms with Gasteiger partial charge in [-0.25, -0.2) is 4.98 Å². The molecule has 4 heteroatoms. The van der Waals surface area contributed by atoms with Crippen LogP contribution in [0.25, 0.3) is 11.0 Å². The van der Waals surface area contributed by atoms with Crippen LogP contribution in [-0.4, -0.2) is 32.1 Å². The van der Waals surface area contributed by atoms with Crippen molar-refractivity contribution >= 4 is 11.0 Å². The number of hydrogen-bond acceptors (Lipinski definition) is 3. The summed E-state index contributed by atoms with van der Waals surface area (Å²) in [6.07, 6.45) is 4.18. The van der Waals surface area contributed by atoms with Crippen molar-refractivity contribution in [2.75, 3.05) is 6.54 Å². The number of fused-ring (bicyclic) bond motifs is 1. The lowest BCUT2D eigenvalue weighted by Gasteiger charge is -2.40. The Hall–Kier alpha value is -3.73. The maximum atomic E-state index is 10.2. The Kier molecular flexibility index (Phi) is 7.85. The molecule has 1 aromatic heterocycles. The molecule has 4 nitrogen and oxygen atoms in total. The van der Waals surface area contributed by atoms with E-state index in [-0.39, 0.29) is 6.61 Å². The molecule has 2 heterocycles. The van der Waals surface area contributed by atoms with Gasteiger partial charge in [-0.15, -0.1) is 0 Å². The molecule has 2 unspecified atom stereocenters. The number of benzene rings is 4. The number of rotatable bonds is 9. The fourth-order valence-corrected chi connectivity index (χ4v) is 6.31. The van der Waals surface area contributed by atoms with Crippen molar-refractivity contribution in [1.29, 1.82) is 0 Å². The van der Waals surface area contributed by atoms with Gasteiger partial charge < -0.3 is 9.67 Å². The first-order valence-corrected chi connectivity index (χ1v) is 14.2. The number of likely N-dealkylation sites (tertiary alicyclic amines) is 1. The van der Waals surface area contributed by atoms with E-state index in [2.05, 4.69) is 119 Å². The topological polar surface area (TPSA) is 41.3 Å². The van der Waals surface area contributed by atoms with E-state index < -0.39 is 0 Å². The molecule has 0 saturated carbocycles. The Morgan fingerprint density at radius 1 is 0.744 bits per heavy atom. The molecule has 4 aromatic carbocycles. The van der Waals surface area contributed by atoms with E-state index in [4.69, 9.17) is 4.98 Å². The second kappa shape index (κ2) is 12.0. The molecule has 39 heavy (non-hydrogen) atoms. The monoisotopic (exact) mass is 515 g/mol. The highest BCUT2D eigenvalue weighted by Crippen LogP contribution is 2.37. The Morgan fingerprint density at radius 2 is 1.41 bits per heavy atom. The van der Waals surface area contributed by atoms with Crippen LogP contribution in [0, 0.1) is 0 Å². The summed E-state index contributed by atoms with van der Waals surface area (Å²) >= 11 is 0. The summed E-state index contributed by atoms with van der Waals surface area (Å²) in [5, 5.41) is 10.2. The molecule has 0 aliphatic carbocycles. The van der Waals surface area contributed by atoms with Gasteiger partial charge in [-0.3, -0.25) is 4.90 Å². The van der Waals surface area contributed by atoms with Gasteiger partial charge in [0.1, 0.15) is 12.4 Å². The van der Waals surface area contributed by atoms with Crippen LogP contribution >= 0.6 is 0 Å². The molecule has 0 spiro atoms. The molecule has 0 amide bonds. The minimum Gasteiger partial charge on any atom is -0.388 e. The van der Waals surface area contributed by atoms with Gasteiger partial charge >= 0.3 is 0 Å². The lowest BCUT2D eigenvalue weighted by molar-refractivity contribution is 0.126. The zero-order chi connectivity index (χ0) is 26.4. The first kappa shape index (κ1) is 25.5. The van der Waals surface area contributed by atoms with Crippen molar-refractivity contribution in [3.63, 3.8) is 0 Å². The quantitative estimate of drug-likeness (QED) is 0.236. The SMILES string of the molecule is OCc1nc2c(C3CCN(Cc4ccccc4)C(Cc4ccccc4)C3)cccc2n1CCc1ccccc1. The average molecular weight is 516 g/mol. The summed E-state index contributed by atoms with van der Waals surface area (Å²) < 4.78 is 2.22. The first-order valence-electron chi connectivity index (χ1n) is 14.2. The van der Waals surface area contributed by atoms with Gasteiger partial charge in [-0.2, -0.15) is 0 Å². The standard InChI is InChI=1S/C35H37N3O/c39-26-34-36-35-32(17-10-18-33(35)38(34)22-19-27-11-4-1-5-12-27)30-20-21-37(25-29-15-8-3-9-16-29)31(24-30)23-28-13-6-2-7-14-28/h1-18,30-31,39H,19-26H2. The largest absolute Gasteiger partial charge is 0.388 e. The summed E-state index contributed by atoms with van der Waals surface area (Å²) in [6.45, 7) is 2.81. The van der Waals surface area contributed by atoms with Crippen molar-refractivity contribution in [2.24, 2.45) is 0 Å². The molecule has 2 atom stereocenters. The zero-order valence-corrected chi connectivity index (χ0v) is 22.5. The first-order chi connectivity index (χ1) is 19.3. The highest BCUT2D eigenvalue weighted by molar-refractivity contribution is 5.80. The number of aliphatic hydroxyl groups is 1. The number of piperidine rings is 1. The Labute approximate surface area is 231 Å². The Balaban J connectivity index is 1.28. The fraction of sp³-hybridized carbons (Fsp3) is 0.286. The third-order valence-electron chi connectivity index (χ3n) is 8.32. The van der Waals surface area contributed by atoms with Crippen molar-refractivity contribution in [2.45, 2.75) is 57.3 Å². The molecule has 198 valence electrons. The molecule has 5 aromatic rings. The van der Waals surface area contributed by atoms with E-state index in [0.29, 0.717) is 12.0 Å². The van der Waals surface area contributed by atoms with Gasteiger partial charge in [-0.1, -0.05) is 103 Å². The van der Waals surface area contributed by atoms with Crippen LogP contribution in [0.1, 0.15) is 46.8 Å². The number of nitrogens with zero attached hydrogens (tertiary/aromatic N) is 3. The van der Waals surface area contributed by atoms with E-state index in [1.54, 1.807) is 0 Å². The van der Waals surface area contributed by atoms with Crippen molar-refractivity contribution < 1.29 is 5.11 Å². The summed E-state index contributed by atoms with van der Waals surface area (Å²) in [5.41, 5.74) is 7.61. The number of aryl methyl sites for hydroxylation is 2. The van der Waals surface area contributed by atoms with Crippen molar-refractivity contribution in [3.05, 3.63) is 137 Å². The highest BCUT2D eigenvalue weighted by Gasteiger charge is 2.31. The van der Waals surface area contributed by atoms with E-state index in [0.717, 1.165) is 62.2 Å². The van der Waals surface area contributed by atoms with Gasteiger partial charge in [0.2, 0.25) is 0 Å². The molecular formula is C35H37N3O. The van der Waals surface area contributed by atoms with Crippen LogP contribution in [0.15, 0.2) is 109 Å². The number of hydrogen-bond donors (Lipinski definition) is 1. The highest BCUT2D eigenvalue weighted by atomic mass is 16.3. The van der Waals surface area contributed by atoms with Gasteiger partial charge in [0.05, 0.1) is 11.0 Å². The lowest BCUT2D eigenvalue weighted by Crippen LogP contribution is -2.42. The second-order valence-electron chi connectivity index (χ2n) is 10.8. The van der Waals surface area contributed by atoms with Crippen LogP contribution in [0.5, 0.6) is 0 Å². The maximum Gasteiger partial charge on any atom is 0.135 e. The van der Waals surface area contributed by atoms with E-state index in [1.807, 2.05) is 0 Å². The summed E-state index contributed by atoms with van der Waals surface area (Å²) in [4.78, 5) is 7.69. The third-order valence-corrected chi connectivity index (χ3v) is 8.32. The predicted octanol–water partition coefficient (Wildman–Crippen LogP) is 6.76. The lowest BCUT2D eigenvalue weighted by atomic mass is 9.82. The molecule has 0 bridgehead atoms. The van der Waals surface area contributed by atoms with Crippen LogP contribution < -0.4 is 0 Å². The molecular weight excluding hydrogens is 478 g/mol. The van der Waals surface area contributed by atoms with Crippen LogP contribution in [-0.2, 0) is 32.5 Å². The molecule has 6 rings (SSSR count). The van der Waals surface area contributed by atoms with E-state index in [9.17, 15) is 5.11 Å². The van der Waals surface area contributed by atoms with Gasteiger partial charge in [-0.05, 0) is 66.5 Å². The van der Waals surface area contributed by atoms with Gasteiger partial charge in [0, 0.05) is 19.1 Å². The number of aliphatic hydroxyl groups excluding tert-OH is 1. The minimum absolute atomic E-state index is 0.0466. The molecule has 1 saturated heterocycles. The molecule has 1 aliphatic heterocycles. The second-order valence-corrected chi connectivity index (χ2v) is 10.8. The Bertz CT molecular complexity index is 1480. The molecule has 0 radical (unpaired) electrons. The molecule has 1 aliphatic rings. The van der Waals surface area contributed by atoms with Crippen LogP contribution in [0.4, 0.5) is 0 Å². The van der Waals surface area contributed by atoms with Crippen molar-refractivity contribution in [1.82, 2.24) is 14.5 Å². The predicted molar refractivity (Wildman–Crippen MR) is 159 cm³/mol. The molecule has 1 N–H and O–H groups in total. The number of imidazole rings is 1. The Morgan fingerprint density at radius 3 is 2.10 bits per heavy atom. The van der Waals surface area contributed by atoms with Crippen LogP contribution in [0.2, 0.25) is 0 Å². The van der Waals surface area contributed by atoms with Gasteiger partial charge in [0.25, 0.3) is 0 Å². The molecule has 1 fully saturated rings. The zero-order valence-electron chi connectivity index (χ0n) is 22.5. The summed E-state index contributed by atoms with van der Waals surface area (Å²) in [6, 6.07) is 39.4. The third kappa shape index (κ3) is 5.83. The fourth-order valence-electron chi connectivity index (χ4n) is 6.31. The smallest absolute Gasteiger partial charge is 0.135 e. The van der Waals surface area contributed by atoms with Gasteiger partial charge in [0.15, 0.2) is 0 Å². The maximum absolute atomic E-state index is 10.2.